The quantitative estimate of drug-likeness (QED) is 0.189. The van der Waals surface area contributed by atoms with Crippen LogP contribution in [0.25, 0.3) is 0 Å². The van der Waals surface area contributed by atoms with Crippen LogP contribution >= 0.6 is 0 Å². The van der Waals surface area contributed by atoms with Crippen molar-refractivity contribution in [1.82, 2.24) is 0 Å². The highest BCUT2D eigenvalue weighted by molar-refractivity contribution is 5.89. The molecule has 0 atom stereocenters. The Morgan fingerprint density at radius 1 is 0.714 bits per heavy atom. The van der Waals surface area contributed by atoms with Crippen LogP contribution in [0.15, 0.2) is 72.8 Å². The summed E-state index contributed by atoms with van der Waals surface area (Å²) in [7, 11) is 1.63. The number of aryl methyl sites for hydroxylation is 1. The van der Waals surface area contributed by atoms with Crippen molar-refractivity contribution in [2.24, 2.45) is 0 Å². The second-order valence-electron chi connectivity index (χ2n) is 8.83. The van der Waals surface area contributed by atoms with Crippen LogP contribution in [0.5, 0.6) is 11.5 Å². The first-order chi connectivity index (χ1) is 16.8. The molecule has 0 heterocycles. The molecule has 0 aliphatic rings. The van der Waals surface area contributed by atoms with Crippen LogP contribution in [0.3, 0.4) is 0 Å². The molecule has 0 aliphatic carbocycles. The third kappa shape index (κ3) is 7.42. The lowest BCUT2D eigenvalue weighted by atomic mass is 9.78. The zero-order valence-electron chi connectivity index (χ0n) is 20.7. The molecule has 0 spiro atoms. The molecule has 0 aliphatic heterocycles. The third-order valence-electron chi connectivity index (χ3n) is 5.82. The molecular formula is C29H32O6. The SMILES string of the molecule is COCCCCOC(=O)c1ccc(OC(=O)Oc2ccc(C(C)(C)c3ccc(C)cc3)cc2)cc1. The van der Waals surface area contributed by atoms with Crippen LogP contribution < -0.4 is 9.47 Å². The molecule has 0 amide bonds. The van der Waals surface area contributed by atoms with Crippen molar-refractivity contribution in [3.05, 3.63) is 95.1 Å². The lowest BCUT2D eigenvalue weighted by Crippen LogP contribution is -2.19. The summed E-state index contributed by atoms with van der Waals surface area (Å²) < 4.78 is 20.7. The molecule has 184 valence electrons. The number of rotatable bonds is 10. The standard InChI is InChI=1S/C29H32O6/c1-21-7-11-23(12-8-21)29(2,3)24-13-17-26(18-14-24)35-28(31)34-25-15-9-22(10-16-25)27(30)33-20-6-5-19-32-4/h7-18H,5-6,19-20H2,1-4H3. The zero-order valence-corrected chi connectivity index (χ0v) is 20.7. The summed E-state index contributed by atoms with van der Waals surface area (Å²) in [5.41, 5.74) is 3.71. The highest BCUT2D eigenvalue weighted by Gasteiger charge is 2.23. The summed E-state index contributed by atoms with van der Waals surface area (Å²) >= 11 is 0. The Balaban J connectivity index is 1.52. The molecule has 6 nitrogen and oxygen atoms in total. The molecule has 3 rings (SSSR count). The number of esters is 1. The Morgan fingerprint density at radius 3 is 1.74 bits per heavy atom. The highest BCUT2D eigenvalue weighted by atomic mass is 16.7. The molecule has 0 bridgehead atoms. The van der Waals surface area contributed by atoms with Gasteiger partial charge in [0.05, 0.1) is 12.2 Å². The molecule has 0 unspecified atom stereocenters. The van der Waals surface area contributed by atoms with Crippen LogP contribution in [-0.2, 0) is 14.9 Å². The summed E-state index contributed by atoms with van der Waals surface area (Å²) in [6.45, 7) is 7.34. The molecule has 3 aromatic rings. The molecule has 0 saturated carbocycles. The average molecular weight is 477 g/mol. The van der Waals surface area contributed by atoms with E-state index in [4.69, 9.17) is 18.9 Å². The summed E-state index contributed by atoms with van der Waals surface area (Å²) in [6.07, 6.45) is 0.701. The third-order valence-corrected chi connectivity index (χ3v) is 5.82. The van der Waals surface area contributed by atoms with Gasteiger partial charge in [-0.25, -0.2) is 9.59 Å². The first kappa shape index (κ1) is 26.0. The predicted molar refractivity (Wildman–Crippen MR) is 134 cm³/mol. The molecule has 3 aromatic carbocycles. The number of benzene rings is 3. The minimum atomic E-state index is -0.857. The second kappa shape index (κ2) is 12.2. The normalized spacial score (nSPS) is 11.1. The summed E-state index contributed by atoms with van der Waals surface area (Å²) in [6, 6.07) is 22.0. The molecule has 0 fully saturated rings. The van der Waals surface area contributed by atoms with Gasteiger partial charge in [0.25, 0.3) is 0 Å². The van der Waals surface area contributed by atoms with E-state index >= 15 is 0 Å². The number of carbonyl (C=O) groups excluding carboxylic acids is 2. The summed E-state index contributed by atoms with van der Waals surface area (Å²) in [4.78, 5) is 24.3. The molecular weight excluding hydrogens is 444 g/mol. The van der Waals surface area contributed by atoms with Crippen LogP contribution in [0.2, 0.25) is 0 Å². The molecule has 0 N–H and O–H groups in total. The fourth-order valence-electron chi connectivity index (χ4n) is 3.55. The minimum absolute atomic E-state index is 0.195. The largest absolute Gasteiger partial charge is 0.519 e. The van der Waals surface area contributed by atoms with E-state index in [9.17, 15) is 9.59 Å². The second-order valence-corrected chi connectivity index (χ2v) is 8.83. The number of ether oxygens (including phenoxy) is 4. The molecule has 0 saturated heterocycles. The minimum Gasteiger partial charge on any atom is -0.462 e. The number of hydrogen-bond acceptors (Lipinski definition) is 6. The summed E-state index contributed by atoms with van der Waals surface area (Å²) in [5, 5.41) is 0. The fourth-order valence-corrected chi connectivity index (χ4v) is 3.55. The monoisotopic (exact) mass is 476 g/mol. The number of carbonyl (C=O) groups is 2. The lowest BCUT2D eigenvalue weighted by Gasteiger charge is -2.26. The Morgan fingerprint density at radius 2 is 1.20 bits per heavy atom. The predicted octanol–water partition coefficient (Wildman–Crippen LogP) is 6.48. The van der Waals surface area contributed by atoms with Gasteiger partial charge in [-0.15, -0.1) is 0 Å². The molecule has 35 heavy (non-hydrogen) atoms. The van der Waals surface area contributed by atoms with Crippen LogP contribution in [0, 0.1) is 6.92 Å². The molecule has 6 heteroatoms. The van der Waals surface area contributed by atoms with Gasteiger partial charge in [-0.2, -0.15) is 0 Å². The van der Waals surface area contributed by atoms with Gasteiger partial charge in [-0.3, -0.25) is 0 Å². The first-order valence-electron chi connectivity index (χ1n) is 11.6. The molecule has 0 aromatic heterocycles. The van der Waals surface area contributed by atoms with Crippen LogP contribution in [0.4, 0.5) is 4.79 Å². The average Bonchev–Trinajstić information content (AvgIpc) is 2.85. The van der Waals surface area contributed by atoms with Gasteiger partial charge >= 0.3 is 12.1 Å². The maximum Gasteiger partial charge on any atom is 0.519 e. The lowest BCUT2D eigenvalue weighted by molar-refractivity contribution is 0.0489. The van der Waals surface area contributed by atoms with Gasteiger partial charge in [-0.05, 0) is 67.3 Å². The van der Waals surface area contributed by atoms with E-state index in [2.05, 4.69) is 45.0 Å². The van der Waals surface area contributed by atoms with Crippen molar-refractivity contribution >= 4 is 12.1 Å². The Bertz CT molecular complexity index is 1100. The summed E-state index contributed by atoms with van der Waals surface area (Å²) in [5.74, 6) is 0.223. The Hall–Kier alpha value is -3.64. The van der Waals surface area contributed by atoms with E-state index in [1.165, 1.54) is 23.3 Å². The van der Waals surface area contributed by atoms with Gasteiger partial charge in [0, 0.05) is 19.1 Å². The van der Waals surface area contributed by atoms with Gasteiger partial charge < -0.3 is 18.9 Å². The van der Waals surface area contributed by atoms with Crippen molar-refractivity contribution in [2.45, 2.75) is 39.0 Å². The maximum atomic E-state index is 12.2. The van der Waals surface area contributed by atoms with E-state index in [0.29, 0.717) is 24.5 Å². The Kier molecular flexibility index (Phi) is 9.04. The zero-order chi connectivity index (χ0) is 25.3. The smallest absolute Gasteiger partial charge is 0.462 e. The maximum absolute atomic E-state index is 12.2. The van der Waals surface area contributed by atoms with Crippen LogP contribution in [-0.4, -0.2) is 32.4 Å². The van der Waals surface area contributed by atoms with E-state index in [-0.39, 0.29) is 11.2 Å². The highest BCUT2D eigenvalue weighted by Crippen LogP contribution is 2.32. The first-order valence-corrected chi connectivity index (χ1v) is 11.6. The fraction of sp³-hybridized carbons (Fsp3) is 0.310. The van der Waals surface area contributed by atoms with Crippen molar-refractivity contribution in [3.8, 4) is 11.5 Å². The Labute approximate surface area is 206 Å². The van der Waals surface area contributed by atoms with Crippen molar-refractivity contribution in [3.63, 3.8) is 0 Å². The van der Waals surface area contributed by atoms with E-state index in [1.807, 2.05) is 12.1 Å². The van der Waals surface area contributed by atoms with Crippen molar-refractivity contribution in [2.75, 3.05) is 20.3 Å². The topological polar surface area (TPSA) is 71.1 Å². The van der Waals surface area contributed by atoms with E-state index in [0.717, 1.165) is 18.4 Å². The number of hydrogen-bond donors (Lipinski definition) is 0. The number of methoxy groups -OCH3 is 1. The van der Waals surface area contributed by atoms with Gasteiger partial charge in [0.1, 0.15) is 11.5 Å². The van der Waals surface area contributed by atoms with Crippen LogP contribution in [0.1, 0.15) is 53.7 Å². The van der Waals surface area contributed by atoms with Crippen molar-refractivity contribution < 1.29 is 28.5 Å². The van der Waals surface area contributed by atoms with Gasteiger partial charge in [0.15, 0.2) is 0 Å². The van der Waals surface area contributed by atoms with E-state index < -0.39 is 12.1 Å². The van der Waals surface area contributed by atoms with E-state index in [1.54, 1.807) is 31.4 Å². The van der Waals surface area contributed by atoms with Crippen molar-refractivity contribution in [1.29, 1.82) is 0 Å². The van der Waals surface area contributed by atoms with Gasteiger partial charge in [0.2, 0.25) is 0 Å². The molecule has 0 radical (unpaired) electrons. The van der Waals surface area contributed by atoms with Gasteiger partial charge in [-0.1, -0.05) is 55.8 Å². The number of unbranched alkanes of at least 4 members (excludes halogenated alkanes) is 1.